The molecule has 1 heterocycles. The van der Waals surface area contributed by atoms with Crippen LogP contribution >= 0.6 is 0 Å². The van der Waals surface area contributed by atoms with E-state index in [9.17, 15) is 8.78 Å². The molecule has 0 N–H and O–H groups in total. The largest absolute Gasteiger partial charge is 0.461 e. The zero-order chi connectivity index (χ0) is 11.0. The Bertz CT molecular complexity index is 486. The fourth-order valence-corrected chi connectivity index (χ4v) is 1.69. The summed E-state index contributed by atoms with van der Waals surface area (Å²) in [7, 11) is 0. The molecule has 0 amide bonds. The molecule has 15 heavy (non-hydrogen) atoms. The second-order valence-corrected chi connectivity index (χ2v) is 4.10. The number of hydrogen-bond acceptors (Lipinski definition) is 1. The van der Waals surface area contributed by atoms with E-state index in [2.05, 4.69) is 0 Å². The minimum atomic E-state index is -0.881. The normalized spacial score (nSPS) is 11.5. The van der Waals surface area contributed by atoms with Crippen molar-refractivity contribution in [2.24, 2.45) is 5.92 Å². The molecule has 0 aliphatic heterocycles. The molecule has 80 valence electrons. The smallest absolute Gasteiger partial charge is 0.202 e. The van der Waals surface area contributed by atoms with Gasteiger partial charge in [0.25, 0.3) is 0 Å². The van der Waals surface area contributed by atoms with E-state index >= 15 is 0 Å². The molecule has 0 saturated carbocycles. The van der Waals surface area contributed by atoms with Crippen molar-refractivity contribution in [3.63, 3.8) is 0 Å². The molecule has 0 radical (unpaired) electrons. The molecular weight excluding hydrogens is 198 g/mol. The van der Waals surface area contributed by atoms with Gasteiger partial charge in [-0.2, -0.15) is 4.39 Å². The van der Waals surface area contributed by atoms with Crippen LogP contribution in [0.3, 0.4) is 0 Å². The molecule has 0 spiro atoms. The van der Waals surface area contributed by atoms with Crippen LogP contribution in [0.15, 0.2) is 22.8 Å². The Labute approximate surface area is 86.7 Å². The van der Waals surface area contributed by atoms with Gasteiger partial charge in [0.1, 0.15) is 0 Å². The molecule has 3 heteroatoms. The fraction of sp³-hybridized carbons (Fsp3) is 0.333. The molecule has 1 aromatic heterocycles. The van der Waals surface area contributed by atoms with Gasteiger partial charge in [-0.3, -0.25) is 0 Å². The summed E-state index contributed by atoms with van der Waals surface area (Å²) in [5.41, 5.74) is 0.413. The van der Waals surface area contributed by atoms with Crippen LogP contribution in [-0.4, -0.2) is 0 Å². The lowest BCUT2D eigenvalue weighted by Crippen LogP contribution is -2.00. The van der Waals surface area contributed by atoms with Gasteiger partial charge >= 0.3 is 0 Å². The molecule has 0 aliphatic rings. The highest BCUT2D eigenvalue weighted by molar-refractivity contribution is 5.78. The van der Waals surface area contributed by atoms with Crippen molar-refractivity contribution in [2.75, 3.05) is 0 Å². The Balaban J connectivity index is 2.59. The highest BCUT2D eigenvalue weighted by atomic mass is 19.2. The molecule has 0 saturated heterocycles. The molecule has 0 aliphatic carbocycles. The minimum Gasteiger partial charge on any atom is -0.461 e. The quantitative estimate of drug-likeness (QED) is 0.732. The fourth-order valence-electron chi connectivity index (χ4n) is 1.69. The van der Waals surface area contributed by atoms with Crippen LogP contribution in [0, 0.1) is 17.6 Å². The first-order valence-electron chi connectivity index (χ1n) is 4.93. The Morgan fingerprint density at radius 2 is 2.00 bits per heavy atom. The van der Waals surface area contributed by atoms with Gasteiger partial charge in [-0.1, -0.05) is 13.8 Å². The van der Waals surface area contributed by atoms with Gasteiger partial charge in [0, 0.05) is 5.39 Å². The van der Waals surface area contributed by atoms with Crippen molar-refractivity contribution in [2.45, 2.75) is 20.3 Å². The third kappa shape index (κ3) is 1.74. The van der Waals surface area contributed by atoms with Crippen LogP contribution < -0.4 is 0 Å². The number of furan rings is 1. The lowest BCUT2D eigenvalue weighted by atomic mass is 10.0. The zero-order valence-corrected chi connectivity index (χ0v) is 8.68. The number of rotatable bonds is 2. The summed E-state index contributed by atoms with van der Waals surface area (Å²) in [5.74, 6) is -1.37. The molecule has 2 rings (SSSR count). The van der Waals surface area contributed by atoms with Crippen LogP contribution in [0.4, 0.5) is 8.78 Å². The Morgan fingerprint density at radius 1 is 1.27 bits per heavy atom. The minimum absolute atomic E-state index is 0.00000567. The topological polar surface area (TPSA) is 13.1 Å². The van der Waals surface area contributed by atoms with E-state index in [1.807, 2.05) is 13.8 Å². The SMILES string of the molecule is CC(C)Cc1cc2ccoc2c(F)c1F. The predicted octanol–water partition coefficient (Wildman–Crippen LogP) is 3.91. The highest BCUT2D eigenvalue weighted by Gasteiger charge is 2.16. The monoisotopic (exact) mass is 210 g/mol. The third-order valence-corrected chi connectivity index (χ3v) is 2.33. The van der Waals surface area contributed by atoms with Gasteiger partial charge in [0.2, 0.25) is 5.82 Å². The summed E-state index contributed by atoms with van der Waals surface area (Å²) in [6.45, 7) is 3.94. The van der Waals surface area contributed by atoms with Gasteiger partial charge in [-0.15, -0.1) is 0 Å². The lowest BCUT2D eigenvalue weighted by molar-refractivity contribution is 0.477. The Morgan fingerprint density at radius 3 is 2.67 bits per heavy atom. The summed E-state index contributed by atoms with van der Waals surface area (Å²) >= 11 is 0. The first kappa shape index (κ1) is 10.1. The first-order valence-corrected chi connectivity index (χ1v) is 4.93. The number of fused-ring (bicyclic) bond motifs is 1. The van der Waals surface area contributed by atoms with Gasteiger partial charge < -0.3 is 4.42 Å². The van der Waals surface area contributed by atoms with E-state index in [1.165, 1.54) is 6.26 Å². The van der Waals surface area contributed by atoms with Crippen LogP contribution in [0.1, 0.15) is 19.4 Å². The molecule has 0 unspecified atom stereocenters. The van der Waals surface area contributed by atoms with Crippen LogP contribution in [0.25, 0.3) is 11.0 Å². The van der Waals surface area contributed by atoms with Crippen LogP contribution in [-0.2, 0) is 6.42 Å². The van der Waals surface area contributed by atoms with E-state index in [0.29, 0.717) is 23.3 Å². The van der Waals surface area contributed by atoms with E-state index in [0.717, 1.165) is 0 Å². The van der Waals surface area contributed by atoms with Crippen molar-refractivity contribution < 1.29 is 13.2 Å². The summed E-state index contributed by atoms with van der Waals surface area (Å²) in [5, 5.41) is 0.615. The maximum Gasteiger partial charge on any atom is 0.202 e. The molecule has 1 aromatic carbocycles. The second kappa shape index (κ2) is 3.65. The van der Waals surface area contributed by atoms with Crippen molar-refractivity contribution in [1.82, 2.24) is 0 Å². The summed E-state index contributed by atoms with van der Waals surface area (Å²) in [4.78, 5) is 0. The van der Waals surface area contributed by atoms with Crippen LogP contribution in [0.5, 0.6) is 0 Å². The Kier molecular flexibility index (Phi) is 2.47. The summed E-state index contributed by atoms with van der Waals surface area (Å²) < 4.78 is 31.9. The van der Waals surface area contributed by atoms with Crippen molar-refractivity contribution >= 4 is 11.0 Å². The Hall–Kier alpha value is -1.38. The van der Waals surface area contributed by atoms with Crippen molar-refractivity contribution in [1.29, 1.82) is 0 Å². The predicted molar refractivity (Wildman–Crippen MR) is 54.7 cm³/mol. The average Bonchev–Trinajstić information content (AvgIpc) is 2.61. The first-order chi connectivity index (χ1) is 7.09. The van der Waals surface area contributed by atoms with Gasteiger partial charge in [-0.25, -0.2) is 4.39 Å². The molecular formula is C12H12F2O. The van der Waals surface area contributed by atoms with Gasteiger partial charge in [-0.05, 0) is 30.0 Å². The van der Waals surface area contributed by atoms with E-state index in [1.54, 1.807) is 12.1 Å². The molecule has 0 fully saturated rings. The molecule has 2 aromatic rings. The maximum atomic E-state index is 13.5. The maximum absolute atomic E-state index is 13.5. The zero-order valence-electron chi connectivity index (χ0n) is 8.68. The van der Waals surface area contributed by atoms with E-state index < -0.39 is 11.6 Å². The molecule has 0 atom stereocenters. The number of benzene rings is 1. The second-order valence-electron chi connectivity index (χ2n) is 4.10. The van der Waals surface area contributed by atoms with Gasteiger partial charge in [0.05, 0.1) is 6.26 Å². The standard InChI is InChI=1S/C12H12F2O/c1-7(2)5-9-6-8-3-4-15-12(8)11(14)10(9)13/h3-4,6-7H,5H2,1-2H3. The number of halogens is 2. The van der Waals surface area contributed by atoms with Crippen molar-refractivity contribution in [3.05, 3.63) is 35.6 Å². The van der Waals surface area contributed by atoms with Gasteiger partial charge in [0.15, 0.2) is 11.4 Å². The summed E-state index contributed by atoms with van der Waals surface area (Å²) in [6, 6.07) is 3.29. The molecule has 0 bridgehead atoms. The number of hydrogen-bond donors (Lipinski definition) is 0. The van der Waals surface area contributed by atoms with Crippen molar-refractivity contribution in [3.8, 4) is 0 Å². The third-order valence-electron chi connectivity index (χ3n) is 2.33. The molecule has 1 nitrogen and oxygen atoms in total. The highest BCUT2D eigenvalue weighted by Crippen LogP contribution is 2.25. The van der Waals surface area contributed by atoms with E-state index in [-0.39, 0.29) is 5.58 Å². The van der Waals surface area contributed by atoms with Crippen LogP contribution in [0.2, 0.25) is 0 Å². The average molecular weight is 210 g/mol. The summed E-state index contributed by atoms with van der Waals surface area (Å²) in [6.07, 6.45) is 1.90. The van der Waals surface area contributed by atoms with E-state index in [4.69, 9.17) is 4.42 Å². The lowest BCUT2D eigenvalue weighted by Gasteiger charge is -2.07.